The molecule has 0 atom stereocenters. The molecular weight excluding hydrogens is 331 g/mol. The maximum Gasteiger partial charge on any atom is 0.406 e. The van der Waals surface area contributed by atoms with Crippen molar-refractivity contribution in [2.24, 2.45) is 0 Å². The summed E-state index contributed by atoms with van der Waals surface area (Å²) in [4.78, 5) is 13.7. The van der Waals surface area contributed by atoms with Crippen molar-refractivity contribution >= 4 is 16.7 Å². The third-order valence-electron chi connectivity index (χ3n) is 4.52. The van der Waals surface area contributed by atoms with E-state index in [4.69, 9.17) is 4.74 Å². The van der Waals surface area contributed by atoms with Gasteiger partial charge in [0.25, 0.3) is 0 Å². The maximum atomic E-state index is 13.0. The molecule has 0 bridgehead atoms. The minimum Gasteiger partial charge on any atom is -0.381 e. The molecule has 1 aliphatic heterocycles. The first-order chi connectivity index (χ1) is 11.9. The largest absolute Gasteiger partial charge is 0.406 e. The normalized spacial score (nSPS) is 16.1. The molecule has 0 aromatic heterocycles. The van der Waals surface area contributed by atoms with Gasteiger partial charge in [-0.25, -0.2) is 0 Å². The monoisotopic (exact) mass is 351 g/mol. The minimum atomic E-state index is -4.41. The highest BCUT2D eigenvalue weighted by Gasteiger charge is 2.37. The molecule has 0 saturated carbocycles. The fraction of sp³-hybridized carbons (Fsp3) is 0.421. The molecular formula is C19H20F3NO2. The molecule has 0 radical (unpaired) electrons. The summed E-state index contributed by atoms with van der Waals surface area (Å²) < 4.78 is 44.2. The highest BCUT2D eigenvalue weighted by molar-refractivity contribution is 5.90. The molecule has 2 aromatic rings. The van der Waals surface area contributed by atoms with Gasteiger partial charge in [-0.2, -0.15) is 13.2 Å². The van der Waals surface area contributed by atoms with E-state index in [9.17, 15) is 18.0 Å². The van der Waals surface area contributed by atoms with Crippen molar-refractivity contribution in [2.75, 3.05) is 19.8 Å². The zero-order valence-corrected chi connectivity index (χ0v) is 13.8. The van der Waals surface area contributed by atoms with Crippen LogP contribution in [0.3, 0.4) is 0 Å². The van der Waals surface area contributed by atoms with Crippen LogP contribution in [0, 0.1) is 0 Å². The molecule has 0 unspecified atom stereocenters. The Morgan fingerprint density at radius 2 is 1.76 bits per heavy atom. The number of benzene rings is 2. The molecule has 134 valence electrons. The molecule has 1 fully saturated rings. The predicted octanol–water partition coefficient (Wildman–Crippen LogP) is 3.95. The van der Waals surface area contributed by atoms with Crippen LogP contribution in [0.15, 0.2) is 42.5 Å². The second kappa shape index (κ2) is 7.44. The van der Waals surface area contributed by atoms with Gasteiger partial charge in [-0.15, -0.1) is 0 Å². The zero-order valence-electron chi connectivity index (χ0n) is 13.8. The first-order valence-electron chi connectivity index (χ1n) is 8.34. The number of hydrogen-bond acceptors (Lipinski definition) is 2. The van der Waals surface area contributed by atoms with Crippen LogP contribution in [0.5, 0.6) is 0 Å². The summed E-state index contributed by atoms with van der Waals surface area (Å²) in [6.07, 6.45) is -3.56. The Labute approximate surface area is 144 Å². The third kappa shape index (κ3) is 4.51. The Kier molecular flexibility index (Phi) is 5.27. The zero-order chi connectivity index (χ0) is 17.9. The third-order valence-corrected chi connectivity index (χ3v) is 4.52. The van der Waals surface area contributed by atoms with Crippen molar-refractivity contribution < 1.29 is 22.7 Å². The first kappa shape index (κ1) is 17.7. The first-order valence-corrected chi connectivity index (χ1v) is 8.34. The van der Waals surface area contributed by atoms with Crippen LogP contribution in [-0.2, 0) is 16.0 Å². The van der Waals surface area contributed by atoms with Crippen LogP contribution in [0.4, 0.5) is 13.2 Å². The topological polar surface area (TPSA) is 29.5 Å². The predicted molar refractivity (Wildman–Crippen MR) is 89.3 cm³/mol. The average Bonchev–Trinajstić information content (AvgIpc) is 2.60. The highest BCUT2D eigenvalue weighted by Crippen LogP contribution is 2.25. The van der Waals surface area contributed by atoms with Crippen LogP contribution in [0.2, 0.25) is 0 Å². The fourth-order valence-corrected chi connectivity index (χ4v) is 3.32. The lowest BCUT2D eigenvalue weighted by Gasteiger charge is -2.35. The fourth-order valence-electron chi connectivity index (χ4n) is 3.32. The quantitative estimate of drug-likeness (QED) is 0.835. The van der Waals surface area contributed by atoms with Crippen molar-refractivity contribution in [1.82, 2.24) is 4.90 Å². The number of ether oxygens (including phenoxy) is 1. The van der Waals surface area contributed by atoms with Gasteiger partial charge in [0.2, 0.25) is 5.91 Å². The summed E-state index contributed by atoms with van der Waals surface area (Å²) in [6, 6.07) is 12.7. The lowest BCUT2D eigenvalue weighted by Crippen LogP contribution is -2.48. The summed E-state index contributed by atoms with van der Waals surface area (Å²) in [5.74, 6) is -0.486. The van der Waals surface area contributed by atoms with E-state index in [0.29, 0.717) is 26.1 Å². The Balaban J connectivity index is 1.83. The van der Waals surface area contributed by atoms with E-state index in [1.54, 1.807) is 6.07 Å². The molecule has 1 heterocycles. The van der Waals surface area contributed by atoms with Gasteiger partial charge in [-0.1, -0.05) is 42.5 Å². The Morgan fingerprint density at radius 3 is 2.48 bits per heavy atom. The molecule has 1 amide bonds. The molecule has 0 spiro atoms. The van der Waals surface area contributed by atoms with Gasteiger partial charge in [-0.3, -0.25) is 4.79 Å². The summed E-state index contributed by atoms with van der Waals surface area (Å²) in [5.41, 5.74) is 0.752. The van der Waals surface area contributed by atoms with E-state index in [-0.39, 0.29) is 6.42 Å². The smallest absolute Gasteiger partial charge is 0.381 e. The molecule has 25 heavy (non-hydrogen) atoms. The Morgan fingerprint density at radius 1 is 1.08 bits per heavy atom. The van der Waals surface area contributed by atoms with Gasteiger partial charge in [0.15, 0.2) is 0 Å². The number of fused-ring (bicyclic) bond motifs is 1. The number of carbonyl (C=O) groups excluding carboxylic acids is 1. The van der Waals surface area contributed by atoms with E-state index >= 15 is 0 Å². The molecule has 0 aliphatic carbocycles. The van der Waals surface area contributed by atoms with E-state index < -0.39 is 24.7 Å². The number of amides is 1. The van der Waals surface area contributed by atoms with Crippen LogP contribution >= 0.6 is 0 Å². The van der Waals surface area contributed by atoms with Gasteiger partial charge in [0, 0.05) is 19.3 Å². The van der Waals surface area contributed by atoms with Crippen molar-refractivity contribution in [2.45, 2.75) is 31.5 Å². The summed E-state index contributed by atoms with van der Waals surface area (Å²) in [5, 5.41) is 1.87. The standard InChI is InChI=1S/C19H20F3NO2/c20-19(21,22)13-23(16-8-10-25-11-9-16)18(24)12-15-6-3-5-14-4-1-2-7-17(14)15/h1-7,16H,8-13H2. The van der Waals surface area contributed by atoms with Gasteiger partial charge >= 0.3 is 6.18 Å². The van der Waals surface area contributed by atoms with Crippen LogP contribution in [-0.4, -0.2) is 42.8 Å². The minimum absolute atomic E-state index is 0.0329. The molecule has 6 heteroatoms. The van der Waals surface area contributed by atoms with E-state index in [0.717, 1.165) is 21.2 Å². The van der Waals surface area contributed by atoms with E-state index in [2.05, 4.69) is 0 Å². The number of rotatable bonds is 4. The summed E-state index contributed by atoms with van der Waals surface area (Å²) in [6.45, 7) is -0.428. The second-order valence-corrected chi connectivity index (χ2v) is 6.30. The number of hydrogen-bond donors (Lipinski definition) is 0. The van der Waals surface area contributed by atoms with Gasteiger partial charge < -0.3 is 9.64 Å². The molecule has 0 N–H and O–H groups in total. The highest BCUT2D eigenvalue weighted by atomic mass is 19.4. The van der Waals surface area contributed by atoms with Gasteiger partial charge in [0.1, 0.15) is 6.54 Å². The lowest BCUT2D eigenvalue weighted by atomic mass is 10.0. The number of nitrogens with zero attached hydrogens (tertiary/aromatic N) is 1. The van der Waals surface area contributed by atoms with Crippen molar-refractivity contribution in [1.29, 1.82) is 0 Å². The van der Waals surface area contributed by atoms with Crippen molar-refractivity contribution in [3.8, 4) is 0 Å². The Bertz CT molecular complexity index is 734. The lowest BCUT2D eigenvalue weighted by molar-refractivity contribution is -0.168. The van der Waals surface area contributed by atoms with Crippen LogP contribution < -0.4 is 0 Å². The molecule has 1 saturated heterocycles. The summed E-state index contributed by atoms with van der Waals surface area (Å²) in [7, 11) is 0. The maximum absolute atomic E-state index is 13.0. The SMILES string of the molecule is O=C(Cc1cccc2ccccc12)N(CC(F)(F)F)C1CCOCC1. The van der Waals surface area contributed by atoms with Crippen molar-refractivity contribution in [3.63, 3.8) is 0 Å². The molecule has 3 nitrogen and oxygen atoms in total. The Hall–Kier alpha value is -2.08. The van der Waals surface area contributed by atoms with Gasteiger partial charge in [-0.05, 0) is 29.2 Å². The number of alkyl halides is 3. The number of carbonyl (C=O) groups is 1. The second-order valence-electron chi connectivity index (χ2n) is 6.30. The molecule has 2 aromatic carbocycles. The molecule has 3 rings (SSSR count). The molecule has 1 aliphatic rings. The average molecular weight is 351 g/mol. The van der Waals surface area contributed by atoms with Gasteiger partial charge in [0.05, 0.1) is 6.42 Å². The van der Waals surface area contributed by atoms with Crippen LogP contribution in [0.1, 0.15) is 18.4 Å². The van der Waals surface area contributed by atoms with Crippen LogP contribution in [0.25, 0.3) is 10.8 Å². The van der Waals surface area contributed by atoms with E-state index in [1.165, 1.54) is 0 Å². The van der Waals surface area contributed by atoms with Crippen molar-refractivity contribution in [3.05, 3.63) is 48.0 Å². The number of halogens is 3. The summed E-state index contributed by atoms with van der Waals surface area (Å²) >= 11 is 0. The van der Waals surface area contributed by atoms with E-state index in [1.807, 2.05) is 36.4 Å².